The van der Waals surface area contributed by atoms with Crippen molar-refractivity contribution in [2.75, 3.05) is 4.72 Å². The molecule has 0 bridgehead atoms. The third kappa shape index (κ3) is 3.22. The van der Waals surface area contributed by atoms with E-state index in [0.717, 1.165) is 6.07 Å². The van der Waals surface area contributed by atoms with Gasteiger partial charge in [0.05, 0.1) is 16.1 Å². The molecule has 3 rings (SSSR count). The summed E-state index contributed by atoms with van der Waals surface area (Å²) in [6, 6.07) is 11.5. The van der Waals surface area contributed by atoms with Gasteiger partial charge in [0.2, 0.25) is 0 Å². The number of anilines is 1. The number of rotatable bonds is 5. The Morgan fingerprint density at radius 2 is 1.88 bits per heavy atom. The molecule has 3 aromatic rings. The summed E-state index contributed by atoms with van der Waals surface area (Å²) in [5.74, 6) is -1.20. The predicted molar refractivity (Wildman–Crippen MR) is 83.4 cm³/mol. The quantitative estimate of drug-likeness (QED) is 0.710. The van der Waals surface area contributed by atoms with Crippen LogP contribution in [0.15, 0.2) is 59.8 Å². The maximum atomic E-state index is 12.3. The number of nitrogens with zero attached hydrogens (tertiary/aromatic N) is 4. The summed E-state index contributed by atoms with van der Waals surface area (Å²) in [7, 11) is -3.90. The lowest BCUT2D eigenvalue weighted by Crippen LogP contribution is -2.13. The van der Waals surface area contributed by atoms with Crippen LogP contribution in [0.3, 0.4) is 0 Å². The second kappa shape index (κ2) is 6.08. The van der Waals surface area contributed by atoms with Crippen LogP contribution in [0.25, 0.3) is 5.69 Å². The minimum absolute atomic E-state index is 0.105. The van der Waals surface area contributed by atoms with Crippen LogP contribution in [0.1, 0.15) is 10.4 Å². The van der Waals surface area contributed by atoms with Crippen molar-refractivity contribution in [2.45, 2.75) is 4.90 Å². The van der Waals surface area contributed by atoms with Gasteiger partial charge in [-0.3, -0.25) is 4.72 Å². The van der Waals surface area contributed by atoms with Crippen LogP contribution in [0.2, 0.25) is 0 Å². The third-order valence-corrected chi connectivity index (χ3v) is 4.50. The molecule has 2 aromatic carbocycles. The Labute approximate surface area is 136 Å². The van der Waals surface area contributed by atoms with Crippen molar-refractivity contribution in [1.29, 1.82) is 0 Å². The second-order valence-electron chi connectivity index (χ2n) is 4.74. The molecule has 0 amide bonds. The van der Waals surface area contributed by atoms with Crippen LogP contribution in [0.5, 0.6) is 0 Å². The van der Waals surface area contributed by atoms with Gasteiger partial charge in [-0.15, -0.1) is 5.10 Å². The predicted octanol–water partition coefficient (Wildman–Crippen LogP) is 1.16. The standard InChI is InChI=1S/C14H11N5O4S/c20-14(21)10-2-1-3-13(8-10)24(22,23)16-11-4-6-12(7-5-11)19-9-15-17-18-19/h1-9,16H,(H,20,21). The Kier molecular flexibility index (Phi) is 3.96. The maximum absolute atomic E-state index is 12.3. The van der Waals surface area contributed by atoms with E-state index in [0.29, 0.717) is 11.4 Å². The monoisotopic (exact) mass is 345 g/mol. The van der Waals surface area contributed by atoms with E-state index in [2.05, 4.69) is 20.2 Å². The number of hydrogen-bond donors (Lipinski definition) is 2. The summed E-state index contributed by atoms with van der Waals surface area (Å²) in [5.41, 5.74) is 0.885. The average Bonchev–Trinajstić information content (AvgIpc) is 3.10. The molecule has 1 aromatic heterocycles. The van der Waals surface area contributed by atoms with E-state index in [1.54, 1.807) is 24.3 Å². The van der Waals surface area contributed by atoms with Crippen LogP contribution in [-0.2, 0) is 10.0 Å². The van der Waals surface area contributed by atoms with Gasteiger partial charge in [-0.2, -0.15) is 0 Å². The van der Waals surface area contributed by atoms with E-state index in [1.165, 1.54) is 29.2 Å². The normalized spacial score (nSPS) is 11.2. The Morgan fingerprint density at radius 1 is 1.12 bits per heavy atom. The molecule has 0 spiro atoms. The van der Waals surface area contributed by atoms with Crippen molar-refractivity contribution < 1.29 is 18.3 Å². The second-order valence-corrected chi connectivity index (χ2v) is 6.42. The summed E-state index contributed by atoms with van der Waals surface area (Å²) in [6.45, 7) is 0. The average molecular weight is 345 g/mol. The minimum Gasteiger partial charge on any atom is -0.478 e. The molecule has 0 aliphatic carbocycles. The van der Waals surface area contributed by atoms with Gasteiger partial charge >= 0.3 is 5.97 Å². The van der Waals surface area contributed by atoms with E-state index in [-0.39, 0.29) is 10.5 Å². The fourth-order valence-corrected chi connectivity index (χ4v) is 3.08. The number of carbonyl (C=O) groups is 1. The Hall–Kier alpha value is -3.27. The largest absolute Gasteiger partial charge is 0.478 e. The zero-order valence-corrected chi connectivity index (χ0v) is 12.9. The van der Waals surface area contributed by atoms with Crippen LogP contribution >= 0.6 is 0 Å². The summed E-state index contributed by atoms with van der Waals surface area (Å²) in [5, 5.41) is 19.7. The number of carboxylic acid groups (broad SMARTS) is 1. The zero-order chi connectivity index (χ0) is 17.2. The Bertz CT molecular complexity index is 969. The number of aromatic carboxylic acids is 1. The number of sulfonamides is 1. The molecule has 122 valence electrons. The topological polar surface area (TPSA) is 127 Å². The highest BCUT2D eigenvalue weighted by Crippen LogP contribution is 2.18. The smallest absolute Gasteiger partial charge is 0.335 e. The first-order chi connectivity index (χ1) is 11.5. The summed E-state index contributed by atoms with van der Waals surface area (Å²) in [6.07, 6.45) is 1.41. The van der Waals surface area contributed by atoms with E-state index >= 15 is 0 Å². The van der Waals surface area contributed by atoms with Crippen LogP contribution in [-0.4, -0.2) is 39.7 Å². The van der Waals surface area contributed by atoms with Crippen molar-refractivity contribution in [1.82, 2.24) is 20.2 Å². The molecule has 0 atom stereocenters. The fourth-order valence-electron chi connectivity index (χ4n) is 1.97. The number of tetrazole rings is 1. The van der Waals surface area contributed by atoms with Gasteiger partial charge in [0.15, 0.2) is 0 Å². The number of nitrogens with one attached hydrogen (secondary N) is 1. The number of aromatic nitrogens is 4. The van der Waals surface area contributed by atoms with E-state index in [4.69, 9.17) is 5.11 Å². The summed E-state index contributed by atoms with van der Waals surface area (Å²) >= 11 is 0. The van der Waals surface area contributed by atoms with Gasteiger partial charge in [0.25, 0.3) is 10.0 Å². The highest BCUT2D eigenvalue weighted by atomic mass is 32.2. The molecule has 1 heterocycles. The highest BCUT2D eigenvalue weighted by molar-refractivity contribution is 7.92. The van der Waals surface area contributed by atoms with Gasteiger partial charge in [-0.1, -0.05) is 6.07 Å². The molecular weight excluding hydrogens is 334 g/mol. The van der Waals surface area contributed by atoms with Crippen molar-refractivity contribution in [3.05, 3.63) is 60.4 Å². The number of hydrogen-bond acceptors (Lipinski definition) is 6. The first-order valence-corrected chi connectivity index (χ1v) is 8.14. The Morgan fingerprint density at radius 3 is 2.50 bits per heavy atom. The molecule has 10 heteroatoms. The molecule has 0 fully saturated rings. The van der Waals surface area contributed by atoms with Crippen molar-refractivity contribution in [2.24, 2.45) is 0 Å². The van der Waals surface area contributed by atoms with Gasteiger partial charge in [0.1, 0.15) is 6.33 Å². The van der Waals surface area contributed by atoms with Crippen molar-refractivity contribution in [3.63, 3.8) is 0 Å². The van der Waals surface area contributed by atoms with Crippen LogP contribution in [0.4, 0.5) is 5.69 Å². The molecule has 0 aliphatic rings. The minimum atomic E-state index is -3.90. The molecule has 0 aliphatic heterocycles. The lowest BCUT2D eigenvalue weighted by atomic mass is 10.2. The summed E-state index contributed by atoms with van der Waals surface area (Å²) < 4.78 is 28.5. The molecule has 0 saturated carbocycles. The molecule has 0 radical (unpaired) electrons. The first-order valence-electron chi connectivity index (χ1n) is 6.65. The molecule has 2 N–H and O–H groups in total. The van der Waals surface area contributed by atoms with Crippen molar-refractivity contribution in [3.8, 4) is 5.69 Å². The number of carboxylic acids is 1. The molecular formula is C14H11N5O4S. The first kappa shape index (κ1) is 15.6. The lowest BCUT2D eigenvalue weighted by molar-refractivity contribution is 0.0696. The highest BCUT2D eigenvalue weighted by Gasteiger charge is 2.16. The van der Waals surface area contributed by atoms with Gasteiger partial charge in [-0.25, -0.2) is 17.9 Å². The Balaban J connectivity index is 1.84. The molecule has 0 saturated heterocycles. The molecule has 9 nitrogen and oxygen atoms in total. The van der Waals surface area contributed by atoms with Crippen LogP contribution < -0.4 is 4.72 Å². The SMILES string of the molecule is O=C(O)c1cccc(S(=O)(=O)Nc2ccc(-n3cnnn3)cc2)c1. The fraction of sp³-hybridized carbons (Fsp3) is 0. The lowest BCUT2D eigenvalue weighted by Gasteiger charge is -2.09. The van der Waals surface area contributed by atoms with Gasteiger partial charge in [0, 0.05) is 5.69 Å². The van der Waals surface area contributed by atoms with Crippen molar-refractivity contribution >= 4 is 21.7 Å². The van der Waals surface area contributed by atoms with Gasteiger partial charge < -0.3 is 5.11 Å². The molecule has 24 heavy (non-hydrogen) atoms. The third-order valence-electron chi connectivity index (χ3n) is 3.12. The van der Waals surface area contributed by atoms with E-state index in [9.17, 15) is 13.2 Å². The van der Waals surface area contributed by atoms with E-state index in [1.807, 2.05) is 0 Å². The zero-order valence-electron chi connectivity index (χ0n) is 12.1. The molecule has 0 unspecified atom stereocenters. The van der Waals surface area contributed by atoms with Crippen LogP contribution in [0, 0.1) is 0 Å². The van der Waals surface area contributed by atoms with E-state index < -0.39 is 16.0 Å². The summed E-state index contributed by atoms with van der Waals surface area (Å²) in [4.78, 5) is 10.8. The maximum Gasteiger partial charge on any atom is 0.335 e. The number of benzene rings is 2. The van der Waals surface area contributed by atoms with Gasteiger partial charge in [-0.05, 0) is 52.9 Å².